The average Bonchev–Trinajstić information content (AvgIpc) is 2.70. The van der Waals surface area contributed by atoms with Gasteiger partial charge in [0.15, 0.2) is 0 Å². The van der Waals surface area contributed by atoms with E-state index >= 15 is 0 Å². The number of nitrogens with one attached hydrogen (secondary N) is 1. The Kier molecular flexibility index (Phi) is 4.22. The third kappa shape index (κ3) is 3.35. The second kappa shape index (κ2) is 5.89. The molecule has 2 rings (SSSR count). The molecule has 0 atom stereocenters. The van der Waals surface area contributed by atoms with E-state index in [0.29, 0.717) is 12.6 Å². The summed E-state index contributed by atoms with van der Waals surface area (Å²) in [5, 5.41) is 3.36. The topological polar surface area (TPSA) is 39.1 Å². The Hall–Kier alpha value is -1.81. The van der Waals surface area contributed by atoms with Gasteiger partial charge in [-0.3, -0.25) is 4.57 Å². The van der Waals surface area contributed by atoms with E-state index in [1.165, 1.54) is 0 Å². The van der Waals surface area contributed by atoms with Gasteiger partial charge in [-0.1, -0.05) is 12.1 Å². The summed E-state index contributed by atoms with van der Waals surface area (Å²) >= 11 is 0. The molecule has 0 aliphatic rings. The summed E-state index contributed by atoms with van der Waals surface area (Å²) in [5.41, 5.74) is 3.25. The van der Waals surface area contributed by atoms with Gasteiger partial charge in [-0.05, 0) is 38.5 Å². The van der Waals surface area contributed by atoms with Crippen molar-refractivity contribution in [1.29, 1.82) is 0 Å². The van der Waals surface area contributed by atoms with Crippen molar-refractivity contribution in [3.8, 4) is 5.69 Å². The highest BCUT2D eigenvalue weighted by Crippen LogP contribution is 2.18. The Morgan fingerprint density at radius 3 is 2.84 bits per heavy atom. The van der Waals surface area contributed by atoms with Crippen LogP contribution in [0.5, 0.6) is 0 Å². The molecule has 0 unspecified atom stereocenters. The van der Waals surface area contributed by atoms with Gasteiger partial charge in [-0.15, -0.1) is 0 Å². The molecule has 0 amide bonds. The van der Waals surface area contributed by atoms with Gasteiger partial charge in [-0.2, -0.15) is 0 Å². The van der Waals surface area contributed by atoms with Gasteiger partial charge >= 0.3 is 0 Å². The Balaban J connectivity index is 2.37. The van der Waals surface area contributed by atoms with Crippen LogP contribution < -0.4 is 5.32 Å². The fraction of sp³-hybridized carbons (Fsp3) is 0.400. The van der Waals surface area contributed by atoms with Crippen LogP contribution in [0.3, 0.4) is 0 Å². The first-order valence-corrected chi connectivity index (χ1v) is 6.51. The molecule has 0 saturated carbocycles. The van der Waals surface area contributed by atoms with Crippen molar-refractivity contribution in [2.45, 2.75) is 33.4 Å². The van der Waals surface area contributed by atoms with Gasteiger partial charge in [-0.25, -0.2) is 4.98 Å². The van der Waals surface area contributed by atoms with Crippen LogP contribution in [0, 0.1) is 6.92 Å². The molecule has 19 heavy (non-hydrogen) atoms. The fourth-order valence-corrected chi connectivity index (χ4v) is 2.02. The summed E-state index contributed by atoms with van der Waals surface area (Å²) in [6.07, 6.45) is 2.04. The first-order valence-electron chi connectivity index (χ1n) is 6.51. The highest BCUT2D eigenvalue weighted by atomic mass is 16.5. The third-order valence-corrected chi connectivity index (χ3v) is 2.74. The van der Waals surface area contributed by atoms with E-state index in [0.717, 1.165) is 22.9 Å². The average molecular weight is 259 g/mol. The van der Waals surface area contributed by atoms with Crippen LogP contribution in [-0.2, 0) is 11.3 Å². The second-order valence-corrected chi connectivity index (χ2v) is 4.98. The van der Waals surface area contributed by atoms with Crippen LogP contribution in [0.2, 0.25) is 0 Å². The smallest absolute Gasteiger partial charge is 0.207 e. The summed E-state index contributed by atoms with van der Waals surface area (Å²) in [4.78, 5) is 4.52. The van der Waals surface area contributed by atoms with Gasteiger partial charge < -0.3 is 10.1 Å². The Morgan fingerprint density at radius 2 is 2.16 bits per heavy atom. The number of imidazole rings is 1. The van der Waals surface area contributed by atoms with Crippen molar-refractivity contribution in [2.75, 3.05) is 12.4 Å². The fourth-order valence-electron chi connectivity index (χ4n) is 2.02. The Morgan fingerprint density at radius 1 is 1.37 bits per heavy atom. The molecule has 0 aliphatic heterocycles. The maximum absolute atomic E-state index is 5.18. The van der Waals surface area contributed by atoms with E-state index in [1.807, 2.05) is 19.2 Å². The van der Waals surface area contributed by atoms with E-state index in [1.54, 1.807) is 7.11 Å². The lowest BCUT2D eigenvalue weighted by Gasteiger charge is -2.13. The number of rotatable bonds is 5. The first-order chi connectivity index (χ1) is 9.10. The standard InChI is InChI=1S/C15H21N3O/c1-11(2)16-15-17-12(3)9-18(15)14-7-5-6-13(8-14)10-19-4/h5-9,11H,10H2,1-4H3,(H,16,17). The van der Waals surface area contributed by atoms with E-state index in [-0.39, 0.29) is 0 Å². The van der Waals surface area contributed by atoms with Crippen LogP contribution in [-0.4, -0.2) is 22.7 Å². The number of hydrogen-bond acceptors (Lipinski definition) is 3. The number of anilines is 1. The predicted molar refractivity (Wildman–Crippen MR) is 77.8 cm³/mol. The molecule has 0 saturated heterocycles. The highest BCUT2D eigenvalue weighted by molar-refractivity contribution is 5.45. The minimum absolute atomic E-state index is 0.350. The molecule has 0 fully saturated rings. The van der Waals surface area contributed by atoms with Gasteiger partial charge in [0.05, 0.1) is 12.3 Å². The van der Waals surface area contributed by atoms with Gasteiger partial charge in [0.25, 0.3) is 0 Å². The SMILES string of the molecule is COCc1cccc(-n2cc(C)nc2NC(C)C)c1. The van der Waals surface area contributed by atoms with Gasteiger partial charge in [0.1, 0.15) is 0 Å². The zero-order valence-corrected chi connectivity index (χ0v) is 12.0. The quantitative estimate of drug-likeness (QED) is 0.896. The van der Waals surface area contributed by atoms with Crippen molar-refractivity contribution in [3.63, 3.8) is 0 Å². The number of hydrogen-bond donors (Lipinski definition) is 1. The molecule has 102 valence electrons. The summed E-state index contributed by atoms with van der Waals surface area (Å²) in [6, 6.07) is 8.65. The van der Waals surface area contributed by atoms with Crippen molar-refractivity contribution >= 4 is 5.95 Å². The minimum Gasteiger partial charge on any atom is -0.380 e. The predicted octanol–water partition coefficient (Wildman–Crippen LogP) is 3.15. The van der Waals surface area contributed by atoms with E-state index in [2.05, 4.69) is 46.9 Å². The Labute approximate surface area is 114 Å². The highest BCUT2D eigenvalue weighted by Gasteiger charge is 2.08. The van der Waals surface area contributed by atoms with Crippen molar-refractivity contribution in [3.05, 3.63) is 41.7 Å². The second-order valence-electron chi connectivity index (χ2n) is 4.98. The lowest BCUT2D eigenvalue weighted by atomic mass is 10.2. The molecule has 1 heterocycles. The molecule has 4 heteroatoms. The number of methoxy groups -OCH3 is 1. The molecule has 0 bridgehead atoms. The number of benzene rings is 1. The van der Waals surface area contributed by atoms with E-state index < -0.39 is 0 Å². The maximum atomic E-state index is 5.18. The minimum atomic E-state index is 0.350. The van der Waals surface area contributed by atoms with Crippen LogP contribution in [0.15, 0.2) is 30.5 Å². The van der Waals surface area contributed by atoms with Crippen molar-refractivity contribution in [2.24, 2.45) is 0 Å². The number of aromatic nitrogens is 2. The summed E-state index contributed by atoms with van der Waals surface area (Å²) < 4.78 is 7.26. The van der Waals surface area contributed by atoms with E-state index in [4.69, 9.17) is 4.74 Å². The molecule has 0 spiro atoms. The van der Waals surface area contributed by atoms with Gasteiger partial charge in [0, 0.05) is 25.0 Å². The summed E-state index contributed by atoms with van der Waals surface area (Å²) in [5.74, 6) is 0.877. The van der Waals surface area contributed by atoms with Crippen LogP contribution in [0.1, 0.15) is 25.1 Å². The zero-order valence-electron chi connectivity index (χ0n) is 12.0. The lowest BCUT2D eigenvalue weighted by Crippen LogP contribution is -2.14. The number of aryl methyl sites for hydroxylation is 1. The van der Waals surface area contributed by atoms with E-state index in [9.17, 15) is 0 Å². The molecular weight excluding hydrogens is 238 g/mol. The molecule has 0 radical (unpaired) electrons. The van der Waals surface area contributed by atoms with Crippen LogP contribution >= 0.6 is 0 Å². The Bertz CT molecular complexity index is 546. The normalized spacial score (nSPS) is 11.0. The van der Waals surface area contributed by atoms with Crippen molar-refractivity contribution < 1.29 is 4.74 Å². The van der Waals surface area contributed by atoms with Gasteiger partial charge in [0.2, 0.25) is 5.95 Å². The molecule has 4 nitrogen and oxygen atoms in total. The summed E-state index contributed by atoms with van der Waals surface area (Å²) in [6.45, 7) is 6.83. The zero-order chi connectivity index (χ0) is 13.8. The van der Waals surface area contributed by atoms with Crippen LogP contribution in [0.4, 0.5) is 5.95 Å². The van der Waals surface area contributed by atoms with Crippen molar-refractivity contribution in [1.82, 2.24) is 9.55 Å². The molecule has 1 aromatic heterocycles. The molecular formula is C15H21N3O. The number of nitrogens with zero attached hydrogens (tertiary/aromatic N) is 2. The monoisotopic (exact) mass is 259 g/mol. The molecule has 0 aliphatic carbocycles. The largest absolute Gasteiger partial charge is 0.380 e. The molecule has 1 N–H and O–H groups in total. The maximum Gasteiger partial charge on any atom is 0.207 e. The number of ether oxygens (including phenoxy) is 1. The first kappa shape index (κ1) is 13.6. The lowest BCUT2D eigenvalue weighted by molar-refractivity contribution is 0.185. The third-order valence-electron chi connectivity index (χ3n) is 2.74. The molecule has 1 aromatic carbocycles. The van der Waals surface area contributed by atoms with Crippen LogP contribution in [0.25, 0.3) is 5.69 Å². The molecule has 2 aromatic rings. The summed E-state index contributed by atoms with van der Waals surface area (Å²) in [7, 11) is 1.71.